The summed E-state index contributed by atoms with van der Waals surface area (Å²) in [5.74, 6) is 5.81. The zero-order chi connectivity index (χ0) is 22.0. The molecular formula is C24H16F3N3O. The van der Waals surface area contributed by atoms with Gasteiger partial charge in [0.15, 0.2) is 5.78 Å². The van der Waals surface area contributed by atoms with Gasteiger partial charge in [0.05, 0.1) is 18.2 Å². The van der Waals surface area contributed by atoms with E-state index in [1.807, 2.05) is 35.7 Å². The van der Waals surface area contributed by atoms with Crippen molar-refractivity contribution in [1.29, 1.82) is 0 Å². The Balaban J connectivity index is 1.59. The first-order valence-electron chi connectivity index (χ1n) is 9.41. The van der Waals surface area contributed by atoms with Crippen LogP contribution >= 0.6 is 0 Å². The van der Waals surface area contributed by atoms with Crippen LogP contribution < -0.4 is 0 Å². The Morgan fingerprint density at radius 1 is 1.06 bits per heavy atom. The topological polar surface area (TPSA) is 47.3 Å². The van der Waals surface area contributed by atoms with Gasteiger partial charge in [-0.1, -0.05) is 24.1 Å². The average Bonchev–Trinajstić information content (AvgIpc) is 3.16. The minimum absolute atomic E-state index is 0.0683. The Morgan fingerprint density at radius 3 is 2.71 bits per heavy atom. The lowest BCUT2D eigenvalue weighted by atomic mass is 10.00. The smallest absolute Gasteiger partial charge is 0.294 e. The fourth-order valence-electron chi connectivity index (χ4n) is 3.10. The maximum atomic E-state index is 12.9. The molecule has 0 atom stereocenters. The lowest BCUT2D eigenvalue weighted by molar-refractivity contribution is -0.137. The summed E-state index contributed by atoms with van der Waals surface area (Å²) in [6, 6.07) is 12.5. The molecule has 1 aromatic carbocycles. The van der Waals surface area contributed by atoms with Gasteiger partial charge in [-0.05, 0) is 48.7 Å². The number of carbonyl (C=O) groups excluding carboxylic acids is 1. The first kappa shape index (κ1) is 20.4. The SMILES string of the molecule is Cc1ccc(C(=O)Cc2cc(C(F)(F)F)ccn2)cc1C#Cc1cnc2ccccn12. The molecule has 0 aliphatic heterocycles. The molecule has 0 radical (unpaired) electrons. The number of nitrogens with zero attached hydrogens (tertiary/aromatic N) is 3. The Morgan fingerprint density at radius 2 is 1.90 bits per heavy atom. The summed E-state index contributed by atoms with van der Waals surface area (Å²) in [7, 11) is 0. The van der Waals surface area contributed by atoms with Crippen molar-refractivity contribution in [3.8, 4) is 11.8 Å². The van der Waals surface area contributed by atoms with E-state index >= 15 is 0 Å². The van der Waals surface area contributed by atoms with Crippen LogP contribution in [0.2, 0.25) is 0 Å². The molecule has 0 aliphatic carbocycles. The van der Waals surface area contributed by atoms with Crippen molar-refractivity contribution < 1.29 is 18.0 Å². The van der Waals surface area contributed by atoms with Crippen molar-refractivity contribution in [3.05, 3.63) is 101 Å². The summed E-state index contributed by atoms with van der Waals surface area (Å²) in [6.07, 6.45) is -0.112. The van der Waals surface area contributed by atoms with Gasteiger partial charge < -0.3 is 0 Å². The summed E-state index contributed by atoms with van der Waals surface area (Å²) in [5.41, 5.74) is 2.64. The number of fused-ring (bicyclic) bond motifs is 1. The highest BCUT2D eigenvalue weighted by molar-refractivity contribution is 5.97. The third-order valence-corrected chi connectivity index (χ3v) is 4.79. The number of hydrogen-bond donors (Lipinski definition) is 0. The fraction of sp³-hybridized carbons (Fsp3) is 0.125. The van der Waals surface area contributed by atoms with E-state index in [4.69, 9.17) is 0 Å². The molecule has 7 heteroatoms. The normalized spacial score (nSPS) is 11.2. The van der Waals surface area contributed by atoms with Crippen molar-refractivity contribution in [2.24, 2.45) is 0 Å². The third kappa shape index (κ3) is 4.48. The van der Waals surface area contributed by atoms with Crippen molar-refractivity contribution in [2.45, 2.75) is 19.5 Å². The van der Waals surface area contributed by atoms with Crippen LogP contribution in [0.4, 0.5) is 13.2 Å². The van der Waals surface area contributed by atoms with E-state index in [2.05, 4.69) is 21.8 Å². The van der Waals surface area contributed by atoms with Crippen LogP contribution in [0.25, 0.3) is 5.65 Å². The molecule has 3 aromatic heterocycles. The van der Waals surface area contributed by atoms with Crippen LogP contribution in [0.3, 0.4) is 0 Å². The Kier molecular flexibility index (Phi) is 5.30. The molecular weight excluding hydrogens is 403 g/mol. The molecule has 0 aliphatic rings. The van der Waals surface area contributed by atoms with E-state index in [9.17, 15) is 18.0 Å². The van der Waals surface area contributed by atoms with Crippen LogP contribution in [-0.4, -0.2) is 20.2 Å². The van der Waals surface area contributed by atoms with Crippen molar-refractivity contribution in [1.82, 2.24) is 14.4 Å². The number of pyridine rings is 2. The largest absolute Gasteiger partial charge is 0.416 e. The monoisotopic (exact) mass is 419 g/mol. The Bertz CT molecular complexity index is 1340. The number of alkyl halides is 3. The second kappa shape index (κ2) is 8.07. The molecule has 0 saturated heterocycles. The summed E-state index contributed by atoms with van der Waals surface area (Å²) in [6.45, 7) is 1.88. The lowest BCUT2D eigenvalue weighted by Gasteiger charge is -2.08. The number of aryl methyl sites for hydroxylation is 1. The molecule has 31 heavy (non-hydrogen) atoms. The number of hydrogen-bond acceptors (Lipinski definition) is 3. The zero-order valence-corrected chi connectivity index (χ0v) is 16.4. The van der Waals surface area contributed by atoms with Crippen LogP contribution in [0.15, 0.2) is 67.1 Å². The molecule has 4 rings (SSSR count). The number of halogens is 3. The second-order valence-corrected chi connectivity index (χ2v) is 6.99. The number of benzene rings is 1. The fourth-order valence-corrected chi connectivity index (χ4v) is 3.10. The summed E-state index contributed by atoms with van der Waals surface area (Å²) >= 11 is 0. The molecule has 0 unspecified atom stereocenters. The predicted molar refractivity (Wildman–Crippen MR) is 110 cm³/mol. The Labute approximate surface area is 176 Å². The maximum absolute atomic E-state index is 12.9. The van der Waals surface area contributed by atoms with Crippen molar-refractivity contribution >= 4 is 11.4 Å². The van der Waals surface area contributed by atoms with E-state index in [1.165, 1.54) is 0 Å². The summed E-state index contributed by atoms with van der Waals surface area (Å²) in [5, 5.41) is 0. The van der Waals surface area contributed by atoms with Gasteiger partial charge in [0.25, 0.3) is 0 Å². The van der Waals surface area contributed by atoms with Gasteiger partial charge in [0.2, 0.25) is 0 Å². The number of rotatable bonds is 3. The van der Waals surface area contributed by atoms with Crippen LogP contribution in [-0.2, 0) is 12.6 Å². The van der Waals surface area contributed by atoms with E-state index in [-0.39, 0.29) is 17.9 Å². The molecule has 0 N–H and O–H groups in total. The van der Waals surface area contributed by atoms with E-state index in [0.29, 0.717) is 16.8 Å². The van der Waals surface area contributed by atoms with Crippen molar-refractivity contribution in [2.75, 3.05) is 0 Å². The number of aromatic nitrogens is 3. The first-order chi connectivity index (χ1) is 14.8. The number of Topliss-reactive ketones (excluding diaryl/α,β-unsaturated/α-hetero) is 1. The second-order valence-electron chi connectivity index (χ2n) is 6.99. The molecule has 4 nitrogen and oxygen atoms in total. The summed E-state index contributed by atoms with van der Waals surface area (Å²) < 4.78 is 40.5. The molecule has 154 valence electrons. The van der Waals surface area contributed by atoms with E-state index < -0.39 is 11.7 Å². The van der Waals surface area contributed by atoms with Gasteiger partial charge in [-0.25, -0.2) is 4.98 Å². The molecule has 0 amide bonds. The number of ketones is 1. The minimum Gasteiger partial charge on any atom is -0.294 e. The zero-order valence-electron chi connectivity index (χ0n) is 16.4. The van der Waals surface area contributed by atoms with Crippen LogP contribution in [0, 0.1) is 18.8 Å². The van der Waals surface area contributed by atoms with Crippen LogP contribution in [0.5, 0.6) is 0 Å². The highest BCUT2D eigenvalue weighted by atomic mass is 19.4. The van der Waals surface area contributed by atoms with Gasteiger partial charge in [0, 0.05) is 29.2 Å². The van der Waals surface area contributed by atoms with Crippen molar-refractivity contribution in [3.63, 3.8) is 0 Å². The first-order valence-corrected chi connectivity index (χ1v) is 9.41. The van der Waals surface area contributed by atoms with Crippen LogP contribution in [0.1, 0.15) is 38.4 Å². The highest BCUT2D eigenvalue weighted by Gasteiger charge is 2.30. The number of imidazole rings is 1. The van der Waals surface area contributed by atoms with Gasteiger partial charge in [-0.3, -0.25) is 14.2 Å². The van der Waals surface area contributed by atoms with E-state index in [0.717, 1.165) is 29.5 Å². The number of carbonyl (C=O) groups is 1. The van der Waals surface area contributed by atoms with Gasteiger partial charge in [0.1, 0.15) is 11.3 Å². The minimum atomic E-state index is -4.48. The third-order valence-electron chi connectivity index (χ3n) is 4.79. The predicted octanol–water partition coefficient (Wildman–Crippen LogP) is 4.88. The molecule has 0 spiro atoms. The molecule has 0 bridgehead atoms. The Hall–Kier alpha value is -3.92. The standard InChI is InChI=1S/C24H16F3N3O/c1-16-5-6-18(22(31)14-20-13-19(9-10-28-20)24(25,26)27)12-17(16)7-8-21-15-29-23-4-2-3-11-30(21)23/h2-6,9-13,15H,14H2,1H3. The quantitative estimate of drug-likeness (QED) is 0.351. The maximum Gasteiger partial charge on any atom is 0.416 e. The molecule has 0 saturated carbocycles. The van der Waals surface area contributed by atoms with Gasteiger partial charge in [-0.15, -0.1) is 0 Å². The lowest BCUT2D eigenvalue weighted by Crippen LogP contribution is -2.09. The average molecular weight is 419 g/mol. The molecule has 0 fully saturated rings. The summed E-state index contributed by atoms with van der Waals surface area (Å²) in [4.78, 5) is 20.9. The van der Waals surface area contributed by atoms with E-state index in [1.54, 1.807) is 24.4 Å². The molecule has 4 aromatic rings. The molecule has 3 heterocycles. The van der Waals surface area contributed by atoms with Gasteiger partial charge >= 0.3 is 6.18 Å². The van der Waals surface area contributed by atoms with Gasteiger partial charge in [-0.2, -0.15) is 13.2 Å². The highest BCUT2D eigenvalue weighted by Crippen LogP contribution is 2.29.